The van der Waals surface area contributed by atoms with E-state index in [-0.39, 0.29) is 12.3 Å². The molecule has 0 aromatic carbocycles. The second-order valence-corrected chi connectivity index (χ2v) is 5.41. The molecule has 1 unspecified atom stereocenters. The number of amides is 1. The fourth-order valence-corrected chi connectivity index (χ4v) is 2.22. The average molecular weight is 242 g/mol. The van der Waals surface area contributed by atoms with E-state index >= 15 is 0 Å². The topological polar surface area (TPSA) is 83.6 Å². The minimum Gasteiger partial charge on any atom is -0.481 e. The van der Waals surface area contributed by atoms with Crippen molar-refractivity contribution in [3.63, 3.8) is 0 Å². The summed E-state index contributed by atoms with van der Waals surface area (Å²) in [6.07, 6.45) is 2.76. The van der Waals surface area contributed by atoms with Crippen molar-refractivity contribution in [3.8, 4) is 0 Å². The zero-order valence-electron chi connectivity index (χ0n) is 10.6. The van der Waals surface area contributed by atoms with E-state index in [0.29, 0.717) is 18.9 Å². The molecule has 0 bridgehead atoms. The first kappa shape index (κ1) is 14.0. The number of likely N-dealkylation sites (tertiary alicyclic amines) is 1. The predicted octanol–water partition coefficient (Wildman–Crippen LogP) is 0.827. The number of carboxylic acids is 1. The Kier molecular flexibility index (Phi) is 4.51. The van der Waals surface area contributed by atoms with Gasteiger partial charge in [0.25, 0.3) is 0 Å². The average Bonchev–Trinajstić information content (AvgIpc) is 2.24. The van der Waals surface area contributed by atoms with Gasteiger partial charge in [0.15, 0.2) is 0 Å². The van der Waals surface area contributed by atoms with Crippen molar-refractivity contribution < 1.29 is 14.7 Å². The highest BCUT2D eigenvalue weighted by Gasteiger charge is 2.31. The molecule has 0 radical (unpaired) electrons. The number of rotatable bonds is 4. The summed E-state index contributed by atoms with van der Waals surface area (Å²) < 4.78 is 0. The fourth-order valence-electron chi connectivity index (χ4n) is 2.22. The van der Waals surface area contributed by atoms with Crippen LogP contribution in [0.2, 0.25) is 0 Å². The monoisotopic (exact) mass is 242 g/mol. The Bertz CT molecular complexity index is 297. The van der Waals surface area contributed by atoms with Crippen LogP contribution in [0.25, 0.3) is 0 Å². The maximum atomic E-state index is 12.0. The lowest BCUT2D eigenvalue weighted by Crippen LogP contribution is -2.53. The summed E-state index contributed by atoms with van der Waals surface area (Å²) in [6.45, 7) is 4.79. The number of hydrogen-bond donors (Lipinski definition) is 2. The van der Waals surface area contributed by atoms with Gasteiger partial charge in [-0.2, -0.15) is 0 Å². The van der Waals surface area contributed by atoms with Crippen molar-refractivity contribution in [2.75, 3.05) is 13.1 Å². The normalized spacial score (nSPS) is 21.4. The molecule has 1 rings (SSSR count). The van der Waals surface area contributed by atoms with E-state index in [1.165, 1.54) is 0 Å². The third-order valence-electron chi connectivity index (χ3n) is 3.12. The first-order valence-corrected chi connectivity index (χ1v) is 6.10. The fraction of sp³-hybridized carbons (Fsp3) is 0.833. The predicted molar refractivity (Wildman–Crippen MR) is 64.4 cm³/mol. The van der Waals surface area contributed by atoms with Gasteiger partial charge < -0.3 is 15.7 Å². The van der Waals surface area contributed by atoms with Gasteiger partial charge in [0.1, 0.15) is 0 Å². The zero-order valence-corrected chi connectivity index (χ0v) is 10.6. The van der Waals surface area contributed by atoms with Crippen LogP contribution in [0.3, 0.4) is 0 Å². The summed E-state index contributed by atoms with van der Waals surface area (Å²) in [6, 6.07) is 0. The molecule has 1 aliphatic rings. The van der Waals surface area contributed by atoms with Crippen molar-refractivity contribution in [1.82, 2.24) is 4.90 Å². The Morgan fingerprint density at radius 1 is 1.47 bits per heavy atom. The second-order valence-electron chi connectivity index (χ2n) is 5.41. The molecule has 5 heteroatoms. The van der Waals surface area contributed by atoms with E-state index < -0.39 is 11.5 Å². The summed E-state index contributed by atoms with van der Waals surface area (Å²) in [5.74, 6) is -0.517. The minimum absolute atomic E-state index is 0.0440. The van der Waals surface area contributed by atoms with Crippen LogP contribution in [-0.2, 0) is 9.59 Å². The quantitative estimate of drug-likeness (QED) is 0.764. The molecule has 1 fully saturated rings. The van der Waals surface area contributed by atoms with E-state index in [1.807, 2.05) is 0 Å². The molecule has 0 spiro atoms. The van der Waals surface area contributed by atoms with Gasteiger partial charge in [0.05, 0.1) is 5.54 Å². The molecular weight excluding hydrogens is 220 g/mol. The summed E-state index contributed by atoms with van der Waals surface area (Å²) >= 11 is 0. The molecule has 1 atom stereocenters. The number of carboxylic acid groups (broad SMARTS) is 1. The van der Waals surface area contributed by atoms with Gasteiger partial charge in [-0.1, -0.05) is 0 Å². The van der Waals surface area contributed by atoms with Crippen LogP contribution in [0.5, 0.6) is 0 Å². The number of nitrogens with zero attached hydrogens (tertiary/aromatic N) is 1. The maximum absolute atomic E-state index is 12.0. The summed E-state index contributed by atoms with van der Waals surface area (Å²) in [5.41, 5.74) is 4.95. The van der Waals surface area contributed by atoms with Crippen molar-refractivity contribution in [1.29, 1.82) is 0 Å². The van der Waals surface area contributed by atoms with Gasteiger partial charge in [0.2, 0.25) is 5.91 Å². The van der Waals surface area contributed by atoms with Crippen LogP contribution in [0.15, 0.2) is 0 Å². The number of carbonyl (C=O) groups excluding carboxylic acids is 1. The third kappa shape index (κ3) is 4.34. The number of carbonyl (C=O) groups is 2. The highest BCUT2D eigenvalue weighted by atomic mass is 16.4. The summed E-state index contributed by atoms with van der Waals surface area (Å²) in [7, 11) is 0. The van der Waals surface area contributed by atoms with Gasteiger partial charge in [-0.3, -0.25) is 9.59 Å². The highest BCUT2D eigenvalue weighted by molar-refractivity contribution is 5.85. The molecule has 3 N–H and O–H groups in total. The van der Waals surface area contributed by atoms with Crippen LogP contribution >= 0.6 is 0 Å². The maximum Gasteiger partial charge on any atom is 0.303 e. The lowest BCUT2D eigenvalue weighted by atomic mass is 9.92. The standard InChI is InChI=1S/C12H22N2O3/c1-12(2,13)11(17)14-7-3-4-9(8-14)5-6-10(15)16/h9H,3-8,13H2,1-2H3,(H,15,16). The van der Waals surface area contributed by atoms with Gasteiger partial charge in [-0.25, -0.2) is 0 Å². The van der Waals surface area contributed by atoms with Crippen molar-refractivity contribution in [2.24, 2.45) is 11.7 Å². The Hall–Kier alpha value is -1.10. The van der Waals surface area contributed by atoms with Gasteiger partial charge in [0, 0.05) is 19.5 Å². The molecule has 5 nitrogen and oxygen atoms in total. The largest absolute Gasteiger partial charge is 0.481 e. The smallest absolute Gasteiger partial charge is 0.303 e. The minimum atomic E-state index is -0.839. The molecule has 98 valence electrons. The van der Waals surface area contributed by atoms with Crippen LogP contribution < -0.4 is 5.73 Å². The Morgan fingerprint density at radius 2 is 2.12 bits per heavy atom. The van der Waals surface area contributed by atoms with E-state index in [9.17, 15) is 9.59 Å². The van der Waals surface area contributed by atoms with Gasteiger partial charge >= 0.3 is 5.97 Å². The first-order chi connectivity index (χ1) is 7.80. The third-order valence-corrected chi connectivity index (χ3v) is 3.12. The number of nitrogens with two attached hydrogens (primary N) is 1. The lowest BCUT2D eigenvalue weighted by molar-refractivity contribution is -0.138. The molecule has 1 amide bonds. The van der Waals surface area contributed by atoms with Crippen molar-refractivity contribution >= 4 is 11.9 Å². The molecular formula is C12H22N2O3. The number of aliphatic carboxylic acids is 1. The van der Waals surface area contributed by atoms with E-state index in [2.05, 4.69) is 0 Å². The lowest BCUT2D eigenvalue weighted by Gasteiger charge is -2.36. The van der Waals surface area contributed by atoms with Crippen LogP contribution in [0.4, 0.5) is 0 Å². The van der Waals surface area contributed by atoms with Crippen molar-refractivity contribution in [2.45, 2.75) is 45.1 Å². The van der Waals surface area contributed by atoms with Gasteiger partial charge in [-0.05, 0) is 39.0 Å². The molecule has 1 saturated heterocycles. The van der Waals surface area contributed by atoms with E-state index in [1.54, 1.807) is 18.7 Å². The Morgan fingerprint density at radius 3 is 2.65 bits per heavy atom. The number of piperidine rings is 1. The van der Waals surface area contributed by atoms with E-state index in [0.717, 1.165) is 19.4 Å². The molecule has 1 aliphatic heterocycles. The van der Waals surface area contributed by atoms with Crippen molar-refractivity contribution in [3.05, 3.63) is 0 Å². The molecule has 0 aromatic heterocycles. The highest BCUT2D eigenvalue weighted by Crippen LogP contribution is 2.22. The Balaban J connectivity index is 2.49. The second kappa shape index (κ2) is 5.49. The number of hydrogen-bond acceptors (Lipinski definition) is 3. The molecule has 1 heterocycles. The SMILES string of the molecule is CC(C)(N)C(=O)N1CCCC(CCC(=O)O)C1. The van der Waals surface area contributed by atoms with Crippen LogP contribution in [0.1, 0.15) is 39.5 Å². The van der Waals surface area contributed by atoms with Crippen LogP contribution in [-0.4, -0.2) is 40.5 Å². The summed E-state index contributed by atoms with van der Waals surface area (Å²) in [4.78, 5) is 24.3. The van der Waals surface area contributed by atoms with Gasteiger partial charge in [-0.15, -0.1) is 0 Å². The first-order valence-electron chi connectivity index (χ1n) is 6.10. The summed E-state index contributed by atoms with van der Waals surface area (Å²) in [5, 5.41) is 8.65. The van der Waals surface area contributed by atoms with E-state index in [4.69, 9.17) is 10.8 Å². The molecule has 0 aromatic rings. The molecule has 0 saturated carbocycles. The zero-order chi connectivity index (χ0) is 13.1. The Labute approximate surface area is 102 Å². The molecule has 0 aliphatic carbocycles. The molecule has 17 heavy (non-hydrogen) atoms. The van der Waals surface area contributed by atoms with Crippen LogP contribution in [0, 0.1) is 5.92 Å².